The summed E-state index contributed by atoms with van der Waals surface area (Å²) in [6.07, 6.45) is 12.6. The van der Waals surface area contributed by atoms with Gasteiger partial charge in [-0.25, -0.2) is 0 Å². The Morgan fingerprint density at radius 2 is 0.800 bits per heavy atom. The summed E-state index contributed by atoms with van der Waals surface area (Å²) in [5, 5.41) is 0. The Bertz CT molecular complexity index is 607. The van der Waals surface area contributed by atoms with Gasteiger partial charge in [-0.3, -0.25) is 0 Å². The van der Waals surface area contributed by atoms with Gasteiger partial charge in [-0.1, -0.05) is 64.7 Å². The standard InChI is InChI=1S/C30H63O12P.2K/c1-4-5-6-7-8-9-10-11-12-13-14-34-15-16-35-17-18-36-19-20-37-21-22-38-23-24-39-25-26-40-29(2)27-41-30(3)28-42-43(31,32)33;;/h29-30H,4-28H2,1-3H3,(H2,31,32,33);;/q;2*+1/p-2. The molecule has 0 spiro atoms. The third-order valence-electron chi connectivity index (χ3n) is 6.22. The van der Waals surface area contributed by atoms with Crippen molar-refractivity contribution in [3.63, 3.8) is 0 Å². The maximum absolute atomic E-state index is 10.4. The van der Waals surface area contributed by atoms with Gasteiger partial charge in [0.25, 0.3) is 0 Å². The normalized spacial score (nSPS) is 12.9. The molecule has 45 heavy (non-hydrogen) atoms. The van der Waals surface area contributed by atoms with Crippen molar-refractivity contribution in [3.8, 4) is 0 Å². The number of hydrogen-bond acceptors (Lipinski definition) is 12. The second kappa shape index (κ2) is 41.5. The molecule has 0 bridgehead atoms. The first-order chi connectivity index (χ1) is 20.8. The molecule has 15 heteroatoms. The Kier molecular flexibility index (Phi) is 48.3. The minimum atomic E-state index is -4.98. The molecule has 0 aliphatic heterocycles. The van der Waals surface area contributed by atoms with E-state index in [1.165, 1.54) is 57.8 Å². The maximum atomic E-state index is 10.4. The zero-order valence-corrected chi connectivity index (χ0v) is 36.3. The van der Waals surface area contributed by atoms with Gasteiger partial charge in [0.1, 0.15) is 0 Å². The van der Waals surface area contributed by atoms with E-state index in [1.807, 2.05) is 6.92 Å². The van der Waals surface area contributed by atoms with E-state index in [0.717, 1.165) is 13.0 Å². The molecule has 0 N–H and O–H groups in total. The first kappa shape index (κ1) is 52.4. The van der Waals surface area contributed by atoms with Crippen molar-refractivity contribution < 1.29 is 160 Å². The summed E-state index contributed by atoms with van der Waals surface area (Å²) in [5.41, 5.74) is 0. The molecule has 0 saturated heterocycles. The van der Waals surface area contributed by atoms with E-state index in [1.54, 1.807) is 6.92 Å². The monoisotopic (exact) mass is 722 g/mol. The largest absolute Gasteiger partial charge is 1.00 e. The molecule has 0 rings (SSSR count). The molecule has 0 saturated carbocycles. The van der Waals surface area contributed by atoms with Gasteiger partial charge in [0.2, 0.25) is 0 Å². The second-order valence-electron chi connectivity index (χ2n) is 10.4. The molecule has 0 aliphatic rings. The predicted octanol–water partition coefficient (Wildman–Crippen LogP) is -2.33. The van der Waals surface area contributed by atoms with E-state index in [9.17, 15) is 14.4 Å². The van der Waals surface area contributed by atoms with Gasteiger partial charge < -0.3 is 56.8 Å². The molecule has 0 aromatic carbocycles. The summed E-state index contributed by atoms with van der Waals surface area (Å²) in [6, 6.07) is 0. The first-order valence-corrected chi connectivity index (χ1v) is 17.7. The van der Waals surface area contributed by atoms with Gasteiger partial charge in [-0.2, -0.15) is 0 Å². The van der Waals surface area contributed by atoms with Gasteiger partial charge in [0.05, 0.1) is 113 Å². The number of hydrogen-bond donors (Lipinski definition) is 0. The quantitative estimate of drug-likeness (QED) is 0.0389. The van der Waals surface area contributed by atoms with Crippen molar-refractivity contribution in [1.29, 1.82) is 0 Å². The summed E-state index contributed by atoms with van der Waals surface area (Å²) in [5.74, 6) is 0. The topological polar surface area (TPSA) is 146 Å². The fraction of sp³-hybridized carbons (Fsp3) is 1.00. The van der Waals surface area contributed by atoms with Crippen LogP contribution in [-0.4, -0.2) is 111 Å². The van der Waals surface area contributed by atoms with Crippen LogP contribution in [-0.2, 0) is 47.0 Å². The number of phosphoric acid groups is 1. The molecule has 260 valence electrons. The van der Waals surface area contributed by atoms with E-state index in [2.05, 4.69) is 11.4 Å². The van der Waals surface area contributed by atoms with E-state index in [0.29, 0.717) is 79.3 Å². The van der Waals surface area contributed by atoms with Crippen LogP contribution in [0.2, 0.25) is 0 Å². The Morgan fingerprint density at radius 3 is 1.20 bits per heavy atom. The minimum absolute atomic E-state index is 0. The van der Waals surface area contributed by atoms with Crippen LogP contribution in [0.15, 0.2) is 0 Å². The summed E-state index contributed by atoms with van der Waals surface area (Å²) < 4.78 is 58.6. The first-order valence-electron chi connectivity index (χ1n) is 16.2. The van der Waals surface area contributed by atoms with Gasteiger partial charge in [0.15, 0.2) is 0 Å². The van der Waals surface area contributed by atoms with E-state index >= 15 is 0 Å². The molecule has 0 amide bonds. The summed E-state index contributed by atoms with van der Waals surface area (Å²) >= 11 is 0. The smallest absolute Gasteiger partial charge is 0.790 e. The molecule has 0 aromatic rings. The molecule has 0 heterocycles. The van der Waals surface area contributed by atoms with Crippen molar-refractivity contribution in [3.05, 3.63) is 0 Å². The molecule has 0 fully saturated rings. The average Bonchev–Trinajstić information content (AvgIpc) is 2.97. The van der Waals surface area contributed by atoms with Gasteiger partial charge in [0, 0.05) is 6.61 Å². The van der Waals surface area contributed by atoms with Gasteiger partial charge >= 0.3 is 103 Å². The Morgan fingerprint density at radius 1 is 0.467 bits per heavy atom. The van der Waals surface area contributed by atoms with Crippen molar-refractivity contribution in [2.45, 2.75) is 97.2 Å². The zero-order valence-electron chi connectivity index (χ0n) is 29.2. The number of unbranched alkanes of at least 4 members (excludes halogenated alkanes) is 9. The number of phosphoric ester groups is 1. The summed E-state index contributed by atoms with van der Waals surface area (Å²) in [4.78, 5) is 20.9. The zero-order chi connectivity index (χ0) is 31.7. The Balaban J connectivity index is -0.00000882. The molecule has 2 atom stereocenters. The van der Waals surface area contributed by atoms with E-state index in [4.69, 9.17) is 37.9 Å². The SMILES string of the molecule is CCCCCCCCCCCCOCCOCCOCCOCCOCCOCCOC(C)COC(C)COP(=O)([O-])[O-].[K+].[K+]. The van der Waals surface area contributed by atoms with Crippen molar-refractivity contribution >= 4 is 7.82 Å². The maximum Gasteiger partial charge on any atom is 1.00 e. The van der Waals surface area contributed by atoms with Crippen LogP contribution >= 0.6 is 7.82 Å². The van der Waals surface area contributed by atoms with E-state index < -0.39 is 13.9 Å². The third kappa shape index (κ3) is 47.1. The molecule has 12 nitrogen and oxygen atoms in total. The average molecular weight is 723 g/mol. The molecular formula is C30H61K2O12P. The van der Waals surface area contributed by atoms with Crippen molar-refractivity contribution in [2.75, 3.05) is 99.1 Å². The molecular weight excluding hydrogens is 661 g/mol. The van der Waals surface area contributed by atoms with Crippen molar-refractivity contribution in [1.82, 2.24) is 0 Å². The van der Waals surface area contributed by atoms with Crippen LogP contribution < -0.4 is 113 Å². The Hall–Kier alpha value is 3.06. The van der Waals surface area contributed by atoms with Crippen LogP contribution in [0.4, 0.5) is 0 Å². The van der Waals surface area contributed by atoms with E-state index in [-0.39, 0.29) is 122 Å². The number of rotatable bonds is 36. The molecule has 0 aromatic heterocycles. The predicted molar refractivity (Wildman–Crippen MR) is 161 cm³/mol. The van der Waals surface area contributed by atoms with Crippen LogP contribution in [0.5, 0.6) is 0 Å². The third-order valence-corrected chi connectivity index (χ3v) is 6.68. The van der Waals surface area contributed by atoms with Crippen molar-refractivity contribution in [2.24, 2.45) is 0 Å². The summed E-state index contributed by atoms with van der Waals surface area (Å²) in [7, 11) is -4.98. The van der Waals surface area contributed by atoms with Gasteiger partial charge in [-0.15, -0.1) is 0 Å². The van der Waals surface area contributed by atoms with Gasteiger partial charge in [-0.05, 0) is 20.3 Å². The molecule has 0 aliphatic carbocycles. The van der Waals surface area contributed by atoms with Crippen LogP contribution in [0.3, 0.4) is 0 Å². The fourth-order valence-corrected chi connectivity index (χ4v) is 4.19. The molecule has 2 unspecified atom stereocenters. The number of ether oxygens (including phenoxy) is 8. The van der Waals surface area contributed by atoms with Crippen LogP contribution in [0, 0.1) is 0 Å². The van der Waals surface area contributed by atoms with Crippen LogP contribution in [0.25, 0.3) is 0 Å². The Labute approximate surface area is 358 Å². The molecule has 0 radical (unpaired) electrons. The van der Waals surface area contributed by atoms with Crippen LogP contribution in [0.1, 0.15) is 85.0 Å². The minimum Gasteiger partial charge on any atom is -0.790 e. The summed E-state index contributed by atoms with van der Waals surface area (Å²) in [6.45, 7) is 12.4. The second-order valence-corrected chi connectivity index (χ2v) is 11.6. The fourth-order valence-electron chi connectivity index (χ4n) is 3.79.